The highest BCUT2D eigenvalue weighted by Gasteiger charge is 2.26. The molecule has 0 radical (unpaired) electrons. The van der Waals surface area contributed by atoms with Crippen LogP contribution in [0, 0.1) is 13.8 Å². The van der Waals surface area contributed by atoms with Gasteiger partial charge in [-0.1, -0.05) is 36.4 Å². The third-order valence-electron chi connectivity index (χ3n) is 7.05. The van der Waals surface area contributed by atoms with Crippen molar-refractivity contribution in [2.75, 3.05) is 39.1 Å². The number of amides is 1. The van der Waals surface area contributed by atoms with Crippen LogP contribution < -0.4 is 10.1 Å². The van der Waals surface area contributed by atoms with Gasteiger partial charge in [-0.2, -0.15) is 0 Å². The van der Waals surface area contributed by atoms with Gasteiger partial charge in [0.05, 0.1) is 12.0 Å². The number of carbonyl (C=O) groups excluding carboxylic acids is 1. The fourth-order valence-corrected chi connectivity index (χ4v) is 6.52. The number of hydrogen-bond donors (Lipinski definition) is 1. The third kappa shape index (κ3) is 6.62. The number of aryl methyl sites for hydroxylation is 2. The lowest BCUT2D eigenvalue weighted by Gasteiger charge is -2.20. The molecule has 1 fully saturated rings. The minimum atomic E-state index is -3.75. The van der Waals surface area contributed by atoms with Gasteiger partial charge in [-0.25, -0.2) is 12.7 Å². The average Bonchev–Trinajstić information content (AvgIpc) is 3.40. The first-order valence-corrected chi connectivity index (χ1v) is 14.4. The molecule has 1 N–H and O–H groups in total. The highest BCUT2D eigenvalue weighted by molar-refractivity contribution is 7.89. The van der Waals surface area contributed by atoms with E-state index < -0.39 is 10.0 Å². The summed E-state index contributed by atoms with van der Waals surface area (Å²) in [5, 5.41) is 2.87. The average molecular weight is 536 g/mol. The van der Waals surface area contributed by atoms with E-state index >= 15 is 0 Å². The van der Waals surface area contributed by atoms with Gasteiger partial charge in [0, 0.05) is 32.2 Å². The zero-order chi connectivity index (χ0) is 27.3. The predicted octanol–water partition coefficient (Wildman–Crippen LogP) is 5.22. The second-order valence-electron chi connectivity index (χ2n) is 9.97. The molecule has 0 unspecified atom stereocenters. The third-order valence-corrected chi connectivity index (χ3v) is 9.22. The lowest BCUT2D eigenvalue weighted by atomic mass is 10.0. The maximum absolute atomic E-state index is 13.2. The van der Waals surface area contributed by atoms with E-state index in [0.717, 1.165) is 17.7 Å². The van der Waals surface area contributed by atoms with E-state index in [1.165, 1.54) is 42.8 Å². The Hall–Kier alpha value is -3.20. The number of nitrogens with zero attached hydrogens (tertiary/aromatic N) is 2. The standard InChI is InChI=1S/C30H37N3O4S/c1-22-19-28(37-4)20-23(2)30(22)38(35,36)32(3)18-15-29(34)31-27-13-11-26(12-14-27)25-9-7-24(8-10-25)21-33-16-5-6-17-33/h7-14,19-20H,5-6,15-18,21H2,1-4H3,(H,31,34). The van der Waals surface area contributed by atoms with Crippen molar-refractivity contribution >= 4 is 21.6 Å². The van der Waals surface area contributed by atoms with Gasteiger partial charge in [0.25, 0.3) is 0 Å². The van der Waals surface area contributed by atoms with E-state index in [4.69, 9.17) is 4.74 Å². The Bertz CT molecular complexity index is 1340. The van der Waals surface area contributed by atoms with Gasteiger partial charge in [0.15, 0.2) is 0 Å². The molecule has 202 valence electrons. The number of rotatable bonds is 10. The van der Waals surface area contributed by atoms with Crippen molar-refractivity contribution in [3.63, 3.8) is 0 Å². The van der Waals surface area contributed by atoms with Crippen LogP contribution in [0.1, 0.15) is 36.0 Å². The molecule has 0 bridgehead atoms. The van der Waals surface area contributed by atoms with Gasteiger partial charge < -0.3 is 10.1 Å². The second-order valence-corrected chi connectivity index (χ2v) is 12.0. The minimum Gasteiger partial charge on any atom is -0.497 e. The van der Waals surface area contributed by atoms with E-state index in [-0.39, 0.29) is 23.8 Å². The normalized spacial score (nSPS) is 14.1. The molecule has 0 aromatic heterocycles. The molecule has 0 saturated carbocycles. The Kier molecular flexibility index (Phi) is 8.87. The Morgan fingerprint density at radius 2 is 1.50 bits per heavy atom. The van der Waals surface area contributed by atoms with Crippen molar-refractivity contribution in [1.29, 1.82) is 0 Å². The summed E-state index contributed by atoms with van der Waals surface area (Å²) < 4.78 is 32.8. The topological polar surface area (TPSA) is 79.0 Å². The van der Waals surface area contributed by atoms with Crippen LogP contribution in [0.3, 0.4) is 0 Å². The molecule has 4 rings (SSSR count). The summed E-state index contributed by atoms with van der Waals surface area (Å²) in [5.74, 6) is 0.371. The SMILES string of the molecule is COc1cc(C)c(S(=O)(=O)N(C)CCC(=O)Nc2ccc(-c3ccc(CN4CCCC4)cc3)cc2)c(C)c1. The van der Waals surface area contributed by atoms with Gasteiger partial charge in [-0.3, -0.25) is 9.69 Å². The molecule has 1 amide bonds. The van der Waals surface area contributed by atoms with Gasteiger partial charge in [0.2, 0.25) is 15.9 Å². The fraction of sp³-hybridized carbons (Fsp3) is 0.367. The molecular formula is C30H37N3O4S. The number of sulfonamides is 1. The van der Waals surface area contributed by atoms with Crippen molar-refractivity contribution in [3.8, 4) is 16.9 Å². The van der Waals surface area contributed by atoms with E-state index in [1.54, 1.807) is 33.1 Å². The van der Waals surface area contributed by atoms with Crippen LogP contribution in [0.4, 0.5) is 5.69 Å². The Labute approximate surface area is 226 Å². The summed E-state index contributed by atoms with van der Waals surface area (Å²) in [6, 6.07) is 19.8. The Morgan fingerprint density at radius 1 is 0.947 bits per heavy atom. The van der Waals surface area contributed by atoms with Crippen LogP contribution in [-0.2, 0) is 21.4 Å². The van der Waals surface area contributed by atoms with Gasteiger partial charge in [0.1, 0.15) is 5.75 Å². The summed E-state index contributed by atoms with van der Waals surface area (Å²) in [4.78, 5) is 15.3. The first-order valence-electron chi connectivity index (χ1n) is 13.0. The highest BCUT2D eigenvalue weighted by atomic mass is 32.2. The predicted molar refractivity (Wildman–Crippen MR) is 152 cm³/mol. The maximum atomic E-state index is 13.2. The molecule has 0 spiro atoms. The monoisotopic (exact) mass is 535 g/mol. The van der Waals surface area contributed by atoms with Crippen molar-refractivity contribution in [2.45, 2.75) is 44.6 Å². The number of carbonyl (C=O) groups is 1. The maximum Gasteiger partial charge on any atom is 0.243 e. The molecule has 3 aromatic carbocycles. The number of hydrogen-bond acceptors (Lipinski definition) is 5. The lowest BCUT2D eigenvalue weighted by molar-refractivity contribution is -0.116. The van der Waals surface area contributed by atoms with E-state index in [2.05, 4.69) is 34.5 Å². The van der Waals surface area contributed by atoms with Crippen molar-refractivity contribution in [3.05, 3.63) is 77.4 Å². The largest absolute Gasteiger partial charge is 0.497 e. The van der Waals surface area contributed by atoms with Crippen molar-refractivity contribution in [1.82, 2.24) is 9.21 Å². The molecule has 8 heteroatoms. The van der Waals surface area contributed by atoms with Gasteiger partial charge in [-0.05, 0) is 91.9 Å². The Morgan fingerprint density at radius 3 is 2.05 bits per heavy atom. The smallest absolute Gasteiger partial charge is 0.243 e. The molecular weight excluding hydrogens is 498 g/mol. The minimum absolute atomic E-state index is 0.0458. The number of ether oxygens (including phenoxy) is 1. The summed E-state index contributed by atoms with van der Waals surface area (Å²) in [6.45, 7) is 6.93. The van der Waals surface area contributed by atoms with E-state index in [9.17, 15) is 13.2 Å². The number of likely N-dealkylation sites (tertiary alicyclic amines) is 1. The zero-order valence-electron chi connectivity index (χ0n) is 22.7. The summed E-state index contributed by atoms with van der Waals surface area (Å²) in [5.41, 5.74) is 5.43. The van der Waals surface area contributed by atoms with Crippen molar-refractivity contribution < 1.29 is 17.9 Å². The lowest BCUT2D eigenvalue weighted by Crippen LogP contribution is -2.31. The number of benzene rings is 3. The summed E-state index contributed by atoms with van der Waals surface area (Å²) in [7, 11) is -0.699. The summed E-state index contributed by atoms with van der Waals surface area (Å²) >= 11 is 0. The second kappa shape index (κ2) is 12.1. The van der Waals surface area contributed by atoms with E-state index in [0.29, 0.717) is 22.6 Å². The number of anilines is 1. The first-order chi connectivity index (χ1) is 18.2. The number of nitrogens with one attached hydrogen (secondary N) is 1. The molecule has 0 atom stereocenters. The van der Waals surface area contributed by atoms with E-state index in [1.807, 2.05) is 24.3 Å². The van der Waals surface area contributed by atoms with Crippen LogP contribution in [0.15, 0.2) is 65.6 Å². The van der Waals surface area contributed by atoms with Crippen molar-refractivity contribution in [2.24, 2.45) is 0 Å². The molecule has 0 aliphatic carbocycles. The Balaban J connectivity index is 1.31. The highest BCUT2D eigenvalue weighted by Crippen LogP contribution is 2.28. The van der Waals surface area contributed by atoms with Crippen LogP contribution in [0.5, 0.6) is 5.75 Å². The quantitative estimate of drug-likeness (QED) is 0.385. The molecule has 38 heavy (non-hydrogen) atoms. The van der Waals surface area contributed by atoms with Crippen LogP contribution in [-0.4, -0.2) is 57.3 Å². The van der Waals surface area contributed by atoms with Crippen LogP contribution in [0.25, 0.3) is 11.1 Å². The molecule has 1 saturated heterocycles. The molecule has 1 aliphatic rings. The fourth-order valence-electron chi connectivity index (χ4n) is 4.94. The molecule has 7 nitrogen and oxygen atoms in total. The first kappa shape index (κ1) is 27.8. The number of methoxy groups -OCH3 is 1. The molecule has 1 aliphatic heterocycles. The molecule has 3 aromatic rings. The van der Waals surface area contributed by atoms with Gasteiger partial charge >= 0.3 is 0 Å². The van der Waals surface area contributed by atoms with Crippen LogP contribution in [0.2, 0.25) is 0 Å². The molecule has 1 heterocycles. The summed E-state index contributed by atoms with van der Waals surface area (Å²) in [6.07, 6.45) is 2.63. The van der Waals surface area contributed by atoms with Crippen LogP contribution >= 0.6 is 0 Å². The van der Waals surface area contributed by atoms with Gasteiger partial charge in [-0.15, -0.1) is 0 Å². The zero-order valence-corrected chi connectivity index (χ0v) is 23.5.